The number of carbonyl (C=O) groups excluding carboxylic acids is 1. The Hall–Kier alpha value is 0.607. The molecule has 0 saturated carbocycles. The average molecular weight is 172 g/mol. The van der Waals surface area contributed by atoms with Gasteiger partial charge in [0.2, 0.25) is 0 Å². The van der Waals surface area contributed by atoms with E-state index in [0.717, 1.165) is 0 Å². The Labute approximate surface area is 82.4 Å². The van der Waals surface area contributed by atoms with Gasteiger partial charge in [0, 0.05) is 5.97 Å². The summed E-state index contributed by atoms with van der Waals surface area (Å²) in [6.07, 6.45) is -0.268. The summed E-state index contributed by atoms with van der Waals surface area (Å²) in [5.74, 6) is -1.24. The Morgan fingerprint density at radius 1 is 1.60 bits per heavy atom. The Morgan fingerprint density at radius 3 is 2.10 bits per heavy atom. The molecule has 0 rings (SSSR count). The molecular formula is C4H9NaO4Si. The van der Waals surface area contributed by atoms with Crippen molar-refractivity contribution < 1.29 is 49.0 Å². The molecule has 54 valence electrons. The van der Waals surface area contributed by atoms with Crippen molar-refractivity contribution >= 4 is 14.5 Å². The standard InChI is InChI=1S/C4H10O4Si.Na/c1-9(7,8)3-2-4(5)6;/h7-8H,2-3H2,1H3,(H,5,6);/q;+1/p-1. The van der Waals surface area contributed by atoms with Gasteiger partial charge in [-0.25, -0.2) is 0 Å². The largest absolute Gasteiger partial charge is 1.00 e. The van der Waals surface area contributed by atoms with Gasteiger partial charge in [0.25, 0.3) is 0 Å². The van der Waals surface area contributed by atoms with Gasteiger partial charge in [-0.1, -0.05) is 0 Å². The minimum absolute atomic E-state index is 0. The molecule has 0 atom stereocenters. The molecule has 0 unspecified atom stereocenters. The summed E-state index contributed by atoms with van der Waals surface area (Å²) in [5.41, 5.74) is 0. The third-order valence-electron chi connectivity index (χ3n) is 0.803. The van der Waals surface area contributed by atoms with E-state index in [9.17, 15) is 9.90 Å². The molecule has 0 aromatic carbocycles. The molecule has 0 radical (unpaired) electrons. The second kappa shape index (κ2) is 5.28. The van der Waals surface area contributed by atoms with Crippen LogP contribution in [0.4, 0.5) is 0 Å². The molecule has 10 heavy (non-hydrogen) atoms. The predicted molar refractivity (Wildman–Crippen MR) is 30.5 cm³/mol. The quantitative estimate of drug-likeness (QED) is 0.419. The second-order valence-corrected chi connectivity index (χ2v) is 5.02. The maximum absolute atomic E-state index is 9.73. The molecule has 0 amide bonds. The number of carbonyl (C=O) groups is 1. The van der Waals surface area contributed by atoms with E-state index in [1.807, 2.05) is 0 Å². The molecule has 0 bridgehead atoms. The van der Waals surface area contributed by atoms with Crippen LogP contribution in [0.5, 0.6) is 0 Å². The van der Waals surface area contributed by atoms with E-state index >= 15 is 0 Å². The van der Waals surface area contributed by atoms with E-state index in [0.29, 0.717) is 0 Å². The van der Waals surface area contributed by atoms with E-state index in [-0.39, 0.29) is 42.0 Å². The van der Waals surface area contributed by atoms with Gasteiger partial charge in [0.1, 0.15) is 0 Å². The first-order valence-electron chi connectivity index (χ1n) is 2.56. The zero-order valence-electron chi connectivity index (χ0n) is 6.13. The fraction of sp³-hybridized carbons (Fsp3) is 0.750. The molecule has 4 nitrogen and oxygen atoms in total. The SMILES string of the molecule is C[Si](O)(O)CCC(=O)[O-].[Na+]. The number of hydrogen-bond acceptors (Lipinski definition) is 4. The van der Waals surface area contributed by atoms with Crippen molar-refractivity contribution in [2.75, 3.05) is 0 Å². The first kappa shape index (κ1) is 13.2. The van der Waals surface area contributed by atoms with Gasteiger partial charge in [-0.15, -0.1) is 0 Å². The van der Waals surface area contributed by atoms with Crippen LogP contribution in [0.25, 0.3) is 0 Å². The second-order valence-electron chi connectivity index (χ2n) is 2.09. The fourth-order valence-electron chi connectivity index (χ4n) is 0.339. The van der Waals surface area contributed by atoms with Crippen LogP contribution in [0.2, 0.25) is 12.6 Å². The first-order valence-corrected chi connectivity index (χ1v) is 5.16. The molecule has 2 N–H and O–H groups in total. The van der Waals surface area contributed by atoms with E-state index in [1.165, 1.54) is 6.55 Å². The number of carboxylic acid groups (broad SMARTS) is 1. The smallest absolute Gasteiger partial charge is 0.550 e. The van der Waals surface area contributed by atoms with Crippen molar-refractivity contribution in [1.82, 2.24) is 0 Å². The van der Waals surface area contributed by atoms with Gasteiger partial charge in [0.05, 0.1) is 0 Å². The van der Waals surface area contributed by atoms with E-state index in [1.54, 1.807) is 0 Å². The van der Waals surface area contributed by atoms with Crippen LogP contribution in [-0.2, 0) is 4.79 Å². The molecule has 0 aromatic rings. The van der Waals surface area contributed by atoms with Gasteiger partial charge in [-0.3, -0.25) is 0 Å². The third-order valence-corrected chi connectivity index (χ3v) is 2.00. The Bertz CT molecular complexity index is 110. The predicted octanol–water partition coefficient (Wildman–Crippen LogP) is -4.81. The molecule has 0 spiro atoms. The van der Waals surface area contributed by atoms with Crippen LogP contribution >= 0.6 is 0 Å². The summed E-state index contributed by atoms with van der Waals surface area (Å²) in [6, 6.07) is -0.0602. The third kappa shape index (κ3) is 11.4. The minimum atomic E-state index is -3.14. The molecule has 6 heteroatoms. The summed E-state index contributed by atoms with van der Waals surface area (Å²) in [6.45, 7) is 1.26. The fourth-order valence-corrected chi connectivity index (χ4v) is 1.02. The van der Waals surface area contributed by atoms with Crippen molar-refractivity contribution in [2.24, 2.45) is 0 Å². The Morgan fingerprint density at radius 2 is 2.00 bits per heavy atom. The minimum Gasteiger partial charge on any atom is -0.550 e. The average Bonchev–Trinajstić information content (AvgIpc) is 1.59. The summed E-state index contributed by atoms with van der Waals surface area (Å²) in [5, 5.41) is 9.73. The molecule has 0 heterocycles. The maximum Gasteiger partial charge on any atom is 1.00 e. The summed E-state index contributed by atoms with van der Waals surface area (Å²) in [4.78, 5) is 27.1. The van der Waals surface area contributed by atoms with Crippen LogP contribution in [0.15, 0.2) is 0 Å². The number of rotatable bonds is 3. The van der Waals surface area contributed by atoms with Crippen LogP contribution in [0.3, 0.4) is 0 Å². The summed E-state index contributed by atoms with van der Waals surface area (Å²) in [7, 11) is -3.14. The molecule has 0 aliphatic carbocycles. The zero-order valence-corrected chi connectivity index (χ0v) is 9.13. The molecule has 0 fully saturated rings. The summed E-state index contributed by atoms with van der Waals surface area (Å²) >= 11 is 0. The van der Waals surface area contributed by atoms with Crippen LogP contribution in [0, 0.1) is 0 Å². The molecule has 0 saturated heterocycles. The van der Waals surface area contributed by atoms with Gasteiger partial charge in [-0.05, 0) is 19.0 Å². The Kier molecular flexibility index (Phi) is 6.98. The van der Waals surface area contributed by atoms with E-state index in [2.05, 4.69) is 0 Å². The zero-order chi connectivity index (χ0) is 7.49. The Balaban J connectivity index is 0. The van der Waals surface area contributed by atoms with Crippen molar-refractivity contribution in [2.45, 2.75) is 19.0 Å². The van der Waals surface area contributed by atoms with Crippen molar-refractivity contribution in [3.8, 4) is 0 Å². The number of aliphatic carboxylic acids is 1. The summed E-state index contributed by atoms with van der Waals surface area (Å²) < 4.78 is 0. The van der Waals surface area contributed by atoms with Gasteiger partial charge in [0.15, 0.2) is 0 Å². The van der Waals surface area contributed by atoms with Crippen molar-refractivity contribution in [3.05, 3.63) is 0 Å². The topological polar surface area (TPSA) is 80.6 Å². The van der Waals surface area contributed by atoms with E-state index < -0.39 is 14.5 Å². The van der Waals surface area contributed by atoms with Crippen molar-refractivity contribution in [1.29, 1.82) is 0 Å². The van der Waals surface area contributed by atoms with E-state index in [4.69, 9.17) is 9.59 Å². The van der Waals surface area contributed by atoms with Gasteiger partial charge in [-0.2, -0.15) is 0 Å². The first-order chi connectivity index (χ1) is 3.92. The van der Waals surface area contributed by atoms with Crippen molar-refractivity contribution in [3.63, 3.8) is 0 Å². The van der Waals surface area contributed by atoms with Crippen LogP contribution < -0.4 is 34.7 Å². The van der Waals surface area contributed by atoms with Crippen LogP contribution in [0.1, 0.15) is 6.42 Å². The maximum atomic E-state index is 9.73. The van der Waals surface area contributed by atoms with Crippen LogP contribution in [-0.4, -0.2) is 24.1 Å². The number of hydrogen-bond donors (Lipinski definition) is 2. The molecule has 0 aliphatic heterocycles. The molecular weight excluding hydrogens is 163 g/mol. The monoisotopic (exact) mass is 172 g/mol. The normalized spacial score (nSPS) is 10.3. The molecule has 0 aromatic heterocycles. The van der Waals surface area contributed by atoms with Gasteiger partial charge < -0.3 is 19.5 Å². The number of carboxylic acids is 1. The van der Waals surface area contributed by atoms with Gasteiger partial charge >= 0.3 is 38.1 Å². The molecule has 0 aliphatic rings.